The van der Waals surface area contributed by atoms with Crippen LogP contribution in [0.2, 0.25) is 0 Å². The molecular weight excluding hydrogens is 322 g/mol. The number of hydrogen-bond acceptors (Lipinski definition) is 6. The third kappa shape index (κ3) is 1.88. The minimum atomic E-state index is 0.705. The smallest absolute Gasteiger partial charge is 0.235 e. The summed E-state index contributed by atoms with van der Waals surface area (Å²) in [6.07, 6.45) is 0. The number of para-hydroxylation sites is 1. The fourth-order valence-electron chi connectivity index (χ4n) is 2.74. The van der Waals surface area contributed by atoms with E-state index in [0.29, 0.717) is 5.82 Å². The highest BCUT2D eigenvalue weighted by Crippen LogP contribution is 2.34. The molecule has 0 amide bonds. The van der Waals surface area contributed by atoms with Crippen molar-refractivity contribution in [3.05, 3.63) is 48.5 Å². The highest BCUT2D eigenvalue weighted by atomic mass is 32.1. The number of nitrogens with zero attached hydrogens (tertiary/aromatic N) is 5. The standard InChI is InChI=1S/C17H11N5OS/c1-23-11-8-6-10(7-9-11)15-19-20-17-22(15)21-14-12-4-2-3-5-13(12)18-16(14)24-17/h2-9H,1H3. The van der Waals surface area contributed by atoms with Crippen LogP contribution in [0.1, 0.15) is 0 Å². The van der Waals surface area contributed by atoms with Crippen molar-refractivity contribution in [3.8, 4) is 27.8 Å². The molecule has 0 spiro atoms. The Bertz CT molecular complexity index is 1140. The van der Waals surface area contributed by atoms with Crippen molar-refractivity contribution in [3.63, 3.8) is 0 Å². The van der Waals surface area contributed by atoms with Gasteiger partial charge in [-0.15, -0.1) is 10.2 Å². The average Bonchev–Trinajstić information content (AvgIpc) is 3.20. The molecule has 0 unspecified atom stereocenters. The maximum atomic E-state index is 5.20. The summed E-state index contributed by atoms with van der Waals surface area (Å²) in [5.41, 5.74) is 2.76. The van der Waals surface area contributed by atoms with Gasteiger partial charge in [0, 0.05) is 10.9 Å². The Balaban J connectivity index is 1.77. The number of ether oxygens (including phenoxy) is 1. The summed E-state index contributed by atoms with van der Waals surface area (Å²) in [5, 5.41) is 15.2. The van der Waals surface area contributed by atoms with Crippen LogP contribution in [0.4, 0.5) is 0 Å². The summed E-state index contributed by atoms with van der Waals surface area (Å²) < 4.78 is 6.99. The van der Waals surface area contributed by atoms with E-state index >= 15 is 0 Å². The molecule has 24 heavy (non-hydrogen) atoms. The van der Waals surface area contributed by atoms with Gasteiger partial charge in [-0.3, -0.25) is 0 Å². The van der Waals surface area contributed by atoms with E-state index in [1.807, 2.05) is 48.5 Å². The van der Waals surface area contributed by atoms with Gasteiger partial charge >= 0.3 is 0 Å². The topological polar surface area (TPSA) is 65.2 Å². The summed E-state index contributed by atoms with van der Waals surface area (Å²) in [6.45, 7) is 0. The van der Waals surface area contributed by atoms with E-state index in [9.17, 15) is 0 Å². The molecule has 7 heteroatoms. The van der Waals surface area contributed by atoms with Crippen LogP contribution in [-0.2, 0) is 0 Å². The maximum absolute atomic E-state index is 5.20. The second kappa shape index (κ2) is 4.97. The van der Waals surface area contributed by atoms with Gasteiger partial charge in [-0.05, 0) is 30.3 Å². The van der Waals surface area contributed by atoms with Crippen LogP contribution in [0.15, 0.2) is 48.5 Å². The molecule has 116 valence electrons. The predicted octanol–water partition coefficient (Wildman–Crippen LogP) is 3.51. The molecule has 0 radical (unpaired) electrons. The molecule has 2 aliphatic heterocycles. The van der Waals surface area contributed by atoms with E-state index in [1.165, 1.54) is 11.3 Å². The summed E-state index contributed by atoms with van der Waals surface area (Å²) in [4.78, 5) is 5.35. The first kappa shape index (κ1) is 13.4. The van der Waals surface area contributed by atoms with Crippen molar-refractivity contribution in [2.45, 2.75) is 0 Å². The van der Waals surface area contributed by atoms with Gasteiger partial charge < -0.3 is 4.74 Å². The second-order valence-corrected chi connectivity index (χ2v) is 6.29. The molecule has 6 nitrogen and oxygen atoms in total. The molecule has 0 fully saturated rings. The zero-order chi connectivity index (χ0) is 16.1. The summed E-state index contributed by atoms with van der Waals surface area (Å²) >= 11 is 1.49. The quantitative estimate of drug-likeness (QED) is 0.494. The Hall–Kier alpha value is -3.06. The van der Waals surface area contributed by atoms with Crippen molar-refractivity contribution in [2.24, 2.45) is 0 Å². The number of hydrogen-bond donors (Lipinski definition) is 0. The molecule has 0 aliphatic carbocycles. The van der Waals surface area contributed by atoms with E-state index < -0.39 is 0 Å². The number of fused-ring (bicyclic) bond motifs is 4. The molecule has 0 atom stereocenters. The van der Waals surface area contributed by atoms with Gasteiger partial charge in [0.05, 0.1) is 12.6 Å². The van der Waals surface area contributed by atoms with E-state index in [4.69, 9.17) is 9.84 Å². The van der Waals surface area contributed by atoms with Gasteiger partial charge in [-0.25, -0.2) is 4.98 Å². The van der Waals surface area contributed by atoms with Crippen molar-refractivity contribution >= 4 is 27.2 Å². The third-order valence-corrected chi connectivity index (χ3v) is 4.85. The molecule has 5 rings (SSSR count). The summed E-state index contributed by atoms with van der Waals surface area (Å²) in [5.74, 6) is 1.51. The number of benzene rings is 2. The van der Waals surface area contributed by atoms with E-state index in [-0.39, 0.29) is 0 Å². The predicted molar refractivity (Wildman–Crippen MR) is 92.6 cm³/mol. The van der Waals surface area contributed by atoms with Crippen LogP contribution in [0.3, 0.4) is 0 Å². The van der Waals surface area contributed by atoms with Gasteiger partial charge in [-0.2, -0.15) is 9.61 Å². The largest absolute Gasteiger partial charge is 0.497 e. The lowest BCUT2D eigenvalue weighted by Crippen LogP contribution is -1.96. The van der Waals surface area contributed by atoms with Gasteiger partial charge in [0.1, 0.15) is 16.5 Å². The van der Waals surface area contributed by atoms with Crippen molar-refractivity contribution < 1.29 is 4.74 Å². The van der Waals surface area contributed by atoms with Gasteiger partial charge in [0.25, 0.3) is 0 Å². The Labute approximate surface area is 140 Å². The molecule has 0 saturated heterocycles. The lowest BCUT2D eigenvalue weighted by molar-refractivity contribution is 0.415. The van der Waals surface area contributed by atoms with Gasteiger partial charge in [0.2, 0.25) is 4.96 Å². The molecule has 2 aromatic carbocycles. The Morgan fingerprint density at radius 3 is 2.67 bits per heavy atom. The summed E-state index contributed by atoms with van der Waals surface area (Å²) in [6, 6.07) is 15.7. The van der Waals surface area contributed by atoms with Crippen LogP contribution in [0.25, 0.3) is 38.0 Å². The van der Waals surface area contributed by atoms with Crippen LogP contribution >= 0.6 is 11.3 Å². The van der Waals surface area contributed by atoms with Crippen LogP contribution in [0, 0.1) is 0 Å². The highest BCUT2D eigenvalue weighted by Gasteiger charge is 2.19. The fourth-order valence-corrected chi connectivity index (χ4v) is 3.60. The Morgan fingerprint density at radius 1 is 1.00 bits per heavy atom. The highest BCUT2D eigenvalue weighted by molar-refractivity contribution is 7.19. The number of methoxy groups -OCH3 is 1. The number of aromatic nitrogens is 5. The zero-order valence-electron chi connectivity index (χ0n) is 12.7. The molecule has 0 saturated carbocycles. The molecule has 2 aliphatic rings. The Morgan fingerprint density at radius 2 is 1.83 bits per heavy atom. The summed E-state index contributed by atoms with van der Waals surface area (Å²) in [7, 11) is 1.65. The van der Waals surface area contributed by atoms with Crippen LogP contribution < -0.4 is 4.74 Å². The van der Waals surface area contributed by atoms with E-state index in [1.54, 1.807) is 11.6 Å². The normalized spacial score (nSPS) is 11.5. The molecule has 1 aromatic heterocycles. The first-order valence-electron chi connectivity index (χ1n) is 7.38. The third-order valence-electron chi connectivity index (χ3n) is 3.93. The molecule has 3 aromatic rings. The molecule has 0 N–H and O–H groups in total. The van der Waals surface area contributed by atoms with Crippen molar-refractivity contribution in [1.82, 2.24) is 24.8 Å². The van der Waals surface area contributed by atoms with Crippen molar-refractivity contribution in [1.29, 1.82) is 0 Å². The van der Waals surface area contributed by atoms with Crippen LogP contribution in [-0.4, -0.2) is 31.9 Å². The first-order chi connectivity index (χ1) is 11.8. The van der Waals surface area contributed by atoms with E-state index in [2.05, 4.69) is 15.2 Å². The van der Waals surface area contributed by atoms with Crippen molar-refractivity contribution in [2.75, 3.05) is 7.11 Å². The van der Waals surface area contributed by atoms with Crippen LogP contribution in [0.5, 0.6) is 5.75 Å². The SMILES string of the molecule is COc1ccc(-c2nnc3sc4nc5ccccc5c-4nn23)cc1. The van der Waals surface area contributed by atoms with E-state index in [0.717, 1.165) is 37.9 Å². The lowest BCUT2D eigenvalue weighted by Gasteiger charge is -2.03. The zero-order valence-corrected chi connectivity index (χ0v) is 13.5. The second-order valence-electron chi connectivity index (χ2n) is 5.33. The average molecular weight is 333 g/mol. The van der Waals surface area contributed by atoms with Gasteiger partial charge in [0.15, 0.2) is 5.82 Å². The fraction of sp³-hybridized carbons (Fsp3) is 0.0588. The van der Waals surface area contributed by atoms with Gasteiger partial charge in [-0.1, -0.05) is 29.5 Å². The number of rotatable bonds is 2. The lowest BCUT2D eigenvalue weighted by atomic mass is 10.2. The minimum absolute atomic E-state index is 0.705. The minimum Gasteiger partial charge on any atom is -0.497 e. The first-order valence-corrected chi connectivity index (χ1v) is 8.20. The monoisotopic (exact) mass is 333 g/mol. The molecular formula is C17H11N5OS. The Kier molecular flexibility index (Phi) is 2.77. The molecule has 3 heterocycles. The molecule has 0 bridgehead atoms. The maximum Gasteiger partial charge on any atom is 0.235 e.